The van der Waals surface area contributed by atoms with Crippen LogP contribution in [0.4, 0.5) is 5.69 Å². The summed E-state index contributed by atoms with van der Waals surface area (Å²) in [7, 11) is 0. The zero-order valence-electron chi connectivity index (χ0n) is 11.1. The van der Waals surface area contributed by atoms with Crippen LogP contribution in [-0.2, 0) is 4.79 Å². The minimum Gasteiger partial charge on any atom is -0.371 e. The minimum atomic E-state index is -0.407. The van der Waals surface area contributed by atoms with Crippen molar-refractivity contribution in [2.24, 2.45) is 5.92 Å². The van der Waals surface area contributed by atoms with E-state index in [9.17, 15) is 4.79 Å². The predicted molar refractivity (Wildman–Crippen MR) is 85.1 cm³/mol. The Kier molecular flexibility index (Phi) is 6.43. The molecule has 0 bridgehead atoms. The first-order valence-corrected chi connectivity index (χ1v) is 7.55. The highest BCUT2D eigenvalue weighted by molar-refractivity contribution is 9.10. The summed E-state index contributed by atoms with van der Waals surface area (Å²) in [6.45, 7) is 6.50. The molecule has 1 unspecified atom stereocenters. The maximum absolute atomic E-state index is 11.9. The van der Waals surface area contributed by atoms with Crippen LogP contribution in [0.2, 0.25) is 10.0 Å². The van der Waals surface area contributed by atoms with Crippen LogP contribution in [-0.4, -0.2) is 18.5 Å². The van der Waals surface area contributed by atoms with Crippen molar-refractivity contribution in [2.45, 2.75) is 26.8 Å². The fourth-order valence-electron chi connectivity index (χ4n) is 1.42. The van der Waals surface area contributed by atoms with Crippen LogP contribution in [0.5, 0.6) is 0 Å². The molecule has 0 saturated carbocycles. The van der Waals surface area contributed by atoms with E-state index in [4.69, 9.17) is 23.2 Å². The summed E-state index contributed by atoms with van der Waals surface area (Å²) >= 11 is 15.5. The van der Waals surface area contributed by atoms with Gasteiger partial charge in [0.2, 0.25) is 5.91 Å². The zero-order valence-corrected chi connectivity index (χ0v) is 14.2. The maximum atomic E-state index is 11.9. The maximum Gasteiger partial charge on any atom is 0.242 e. The smallest absolute Gasteiger partial charge is 0.242 e. The van der Waals surface area contributed by atoms with E-state index < -0.39 is 6.04 Å². The summed E-state index contributed by atoms with van der Waals surface area (Å²) in [4.78, 5) is 11.9. The molecule has 0 saturated heterocycles. The molecule has 0 aliphatic heterocycles. The molecular weight excluding hydrogens is 351 g/mol. The van der Waals surface area contributed by atoms with Gasteiger partial charge in [0, 0.05) is 11.0 Å². The van der Waals surface area contributed by atoms with Crippen LogP contribution < -0.4 is 10.6 Å². The molecule has 1 atom stereocenters. The van der Waals surface area contributed by atoms with Gasteiger partial charge in [-0.3, -0.25) is 4.79 Å². The predicted octanol–water partition coefficient (Wildman–Crippen LogP) is 4.33. The second kappa shape index (κ2) is 7.36. The van der Waals surface area contributed by atoms with Crippen LogP contribution in [0.25, 0.3) is 0 Å². The molecular formula is C13H17BrCl2N2O. The van der Waals surface area contributed by atoms with Gasteiger partial charge in [-0.15, -0.1) is 0 Å². The lowest BCUT2D eigenvalue weighted by Crippen LogP contribution is -2.39. The van der Waals surface area contributed by atoms with E-state index in [2.05, 4.69) is 26.6 Å². The monoisotopic (exact) mass is 366 g/mol. The van der Waals surface area contributed by atoms with Crippen molar-refractivity contribution in [1.29, 1.82) is 0 Å². The largest absolute Gasteiger partial charge is 0.371 e. The third-order valence-electron chi connectivity index (χ3n) is 2.45. The number of hydrogen-bond acceptors (Lipinski definition) is 2. The van der Waals surface area contributed by atoms with Gasteiger partial charge in [0.25, 0.3) is 0 Å². The van der Waals surface area contributed by atoms with Gasteiger partial charge < -0.3 is 10.6 Å². The topological polar surface area (TPSA) is 41.1 Å². The summed E-state index contributed by atoms with van der Waals surface area (Å²) < 4.78 is 0.796. The Morgan fingerprint density at radius 2 is 1.79 bits per heavy atom. The third kappa shape index (κ3) is 5.21. The average molecular weight is 368 g/mol. The minimum absolute atomic E-state index is 0.0799. The first-order chi connectivity index (χ1) is 8.81. The summed E-state index contributed by atoms with van der Waals surface area (Å²) in [6, 6.07) is 3.05. The summed E-state index contributed by atoms with van der Waals surface area (Å²) in [5, 5.41) is 6.84. The molecule has 1 aromatic rings. The van der Waals surface area contributed by atoms with Gasteiger partial charge >= 0.3 is 0 Å². The Morgan fingerprint density at radius 1 is 1.26 bits per heavy atom. The number of halogens is 3. The molecule has 0 radical (unpaired) electrons. The van der Waals surface area contributed by atoms with Gasteiger partial charge in [0.15, 0.2) is 0 Å². The molecule has 19 heavy (non-hydrogen) atoms. The van der Waals surface area contributed by atoms with E-state index in [-0.39, 0.29) is 5.91 Å². The van der Waals surface area contributed by atoms with Crippen LogP contribution in [0.1, 0.15) is 20.8 Å². The van der Waals surface area contributed by atoms with Gasteiger partial charge in [0.05, 0.1) is 15.7 Å². The third-order valence-corrected chi connectivity index (χ3v) is 3.50. The molecule has 2 N–H and O–H groups in total. The van der Waals surface area contributed by atoms with Crippen LogP contribution in [0, 0.1) is 5.92 Å². The van der Waals surface area contributed by atoms with Crippen LogP contribution in [0.15, 0.2) is 16.6 Å². The highest BCUT2D eigenvalue weighted by Gasteiger charge is 2.16. The number of carbonyl (C=O) groups is 1. The SMILES string of the molecule is CC(C)CNC(=O)C(C)Nc1c(Cl)cc(Br)cc1Cl. The molecule has 0 aliphatic rings. The highest BCUT2D eigenvalue weighted by atomic mass is 79.9. The van der Waals surface area contributed by atoms with Gasteiger partial charge in [-0.2, -0.15) is 0 Å². The first kappa shape index (κ1) is 16.6. The Morgan fingerprint density at radius 3 is 2.26 bits per heavy atom. The number of anilines is 1. The summed E-state index contributed by atoms with van der Waals surface area (Å²) in [5.74, 6) is 0.333. The fourth-order valence-corrected chi connectivity index (χ4v) is 2.74. The summed E-state index contributed by atoms with van der Waals surface area (Å²) in [6.07, 6.45) is 0. The number of carbonyl (C=O) groups excluding carboxylic acids is 1. The van der Waals surface area contributed by atoms with Crippen molar-refractivity contribution in [3.63, 3.8) is 0 Å². The fraction of sp³-hybridized carbons (Fsp3) is 0.462. The molecule has 1 aromatic carbocycles. The van der Waals surface area contributed by atoms with Crippen molar-refractivity contribution >= 4 is 50.7 Å². The van der Waals surface area contributed by atoms with E-state index in [0.29, 0.717) is 28.2 Å². The second-order valence-electron chi connectivity index (χ2n) is 4.75. The molecule has 106 valence electrons. The molecule has 1 rings (SSSR count). The Hall–Kier alpha value is -0.450. The van der Waals surface area contributed by atoms with E-state index in [1.54, 1.807) is 19.1 Å². The van der Waals surface area contributed by atoms with Crippen LogP contribution in [0.3, 0.4) is 0 Å². The van der Waals surface area contributed by atoms with E-state index in [1.165, 1.54) is 0 Å². The highest BCUT2D eigenvalue weighted by Crippen LogP contribution is 2.34. The number of nitrogens with one attached hydrogen (secondary N) is 2. The van der Waals surface area contributed by atoms with Crippen molar-refractivity contribution in [3.8, 4) is 0 Å². The molecule has 0 aromatic heterocycles. The molecule has 0 heterocycles. The van der Waals surface area contributed by atoms with Crippen molar-refractivity contribution in [3.05, 3.63) is 26.7 Å². The normalized spacial score (nSPS) is 12.4. The molecule has 0 spiro atoms. The summed E-state index contributed by atoms with van der Waals surface area (Å²) in [5.41, 5.74) is 0.568. The number of benzene rings is 1. The second-order valence-corrected chi connectivity index (χ2v) is 6.48. The van der Waals surface area contributed by atoms with Gasteiger partial charge in [-0.25, -0.2) is 0 Å². The Balaban J connectivity index is 2.71. The number of amides is 1. The number of rotatable bonds is 5. The quantitative estimate of drug-likeness (QED) is 0.813. The lowest BCUT2D eigenvalue weighted by Gasteiger charge is -2.18. The molecule has 0 fully saturated rings. The van der Waals surface area contributed by atoms with Crippen molar-refractivity contribution < 1.29 is 4.79 Å². The Labute approximate surface area is 132 Å². The van der Waals surface area contributed by atoms with Crippen molar-refractivity contribution in [1.82, 2.24) is 5.32 Å². The Bertz CT molecular complexity index is 443. The first-order valence-electron chi connectivity index (χ1n) is 6.00. The molecule has 3 nitrogen and oxygen atoms in total. The molecule has 1 amide bonds. The molecule has 6 heteroatoms. The standard InChI is InChI=1S/C13H17BrCl2N2O/c1-7(2)6-17-13(19)8(3)18-12-10(15)4-9(14)5-11(12)16/h4-5,7-8,18H,6H2,1-3H3,(H,17,19). The lowest BCUT2D eigenvalue weighted by atomic mass is 10.2. The lowest BCUT2D eigenvalue weighted by molar-refractivity contribution is -0.121. The molecule has 0 aliphatic carbocycles. The van der Waals surface area contributed by atoms with Crippen LogP contribution >= 0.6 is 39.1 Å². The van der Waals surface area contributed by atoms with E-state index >= 15 is 0 Å². The van der Waals surface area contributed by atoms with Gasteiger partial charge in [0.1, 0.15) is 6.04 Å². The van der Waals surface area contributed by atoms with Crippen molar-refractivity contribution in [2.75, 3.05) is 11.9 Å². The van der Waals surface area contributed by atoms with E-state index in [0.717, 1.165) is 4.47 Å². The van der Waals surface area contributed by atoms with Gasteiger partial charge in [-0.05, 0) is 25.0 Å². The number of hydrogen-bond donors (Lipinski definition) is 2. The van der Waals surface area contributed by atoms with E-state index in [1.807, 2.05) is 13.8 Å². The van der Waals surface area contributed by atoms with Gasteiger partial charge in [-0.1, -0.05) is 53.0 Å². The average Bonchev–Trinajstić information content (AvgIpc) is 2.30. The zero-order chi connectivity index (χ0) is 14.6.